The van der Waals surface area contributed by atoms with Crippen LogP contribution in [0, 0.1) is 5.92 Å². The molecule has 1 rings (SSSR count). The molecule has 0 aromatic heterocycles. The third-order valence-corrected chi connectivity index (χ3v) is 4.96. The smallest absolute Gasteiger partial charge is 0.326 e. The molecule has 0 aliphatic rings. The number of nitrogens with one attached hydrogen (secondary N) is 3. The number of carboxylic acids is 1. The molecule has 0 aliphatic carbocycles. The van der Waals surface area contributed by atoms with Gasteiger partial charge in [0.1, 0.15) is 18.1 Å². The first-order valence-electron chi connectivity index (χ1n) is 11.1. The molecule has 11 heteroatoms. The predicted octanol–water partition coefficient (Wildman–Crippen LogP) is -0.573. The summed E-state index contributed by atoms with van der Waals surface area (Å²) in [5, 5.41) is 17.0. The highest BCUT2D eigenvalue weighted by Gasteiger charge is 2.30. The molecule has 11 nitrogen and oxygen atoms in total. The number of hydrogen-bond acceptors (Lipinski definition) is 6. The van der Waals surface area contributed by atoms with Crippen LogP contribution in [0.5, 0.6) is 0 Å². The van der Waals surface area contributed by atoms with Gasteiger partial charge in [0.2, 0.25) is 23.6 Å². The van der Waals surface area contributed by atoms with Crippen molar-refractivity contribution in [3.63, 3.8) is 0 Å². The predicted molar refractivity (Wildman–Crippen MR) is 125 cm³/mol. The summed E-state index contributed by atoms with van der Waals surface area (Å²) >= 11 is 0. The lowest BCUT2D eigenvalue weighted by molar-refractivity contribution is -0.142. The Morgan fingerprint density at radius 3 is 1.88 bits per heavy atom. The molecule has 0 fully saturated rings. The zero-order valence-electron chi connectivity index (χ0n) is 19.7. The highest BCUT2D eigenvalue weighted by Crippen LogP contribution is 2.09. The van der Waals surface area contributed by atoms with Crippen LogP contribution in [0.1, 0.15) is 45.6 Å². The van der Waals surface area contributed by atoms with E-state index in [0.29, 0.717) is 6.42 Å². The Labute approximate surface area is 199 Å². The van der Waals surface area contributed by atoms with E-state index in [9.17, 15) is 29.1 Å². The summed E-state index contributed by atoms with van der Waals surface area (Å²) in [5.41, 5.74) is 11.4. The number of rotatable bonds is 14. The molecule has 188 valence electrons. The van der Waals surface area contributed by atoms with Gasteiger partial charge < -0.3 is 32.5 Å². The first-order chi connectivity index (χ1) is 15.9. The molecule has 4 amide bonds. The van der Waals surface area contributed by atoms with Crippen molar-refractivity contribution in [2.24, 2.45) is 17.4 Å². The second-order valence-electron chi connectivity index (χ2n) is 8.63. The number of primary amides is 1. The van der Waals surface area contributed by atoms with Crippen molar-refractivity contribution in [1.82, 2.24) is 16.0 Å². The molecule has 0 unspecified atom stereocenters. The Kier molecular flexibility index (Phi) is 11.7. The van der Waals surface area contributed by atoms with E-state index in [-0.39, 0.29) is 25.2 Å². The van der Waals surface area contributed by atoms with Gasteiger partial charge in [-0.05, 0) is 31.2 Å². The minimum atomic E-state index is -1.36. The lowest BCUT2D eigenvalue weighted by Gasteiger charge is -2.26. The van der Waals surface area contributed by atoms with E-state index in [4.69, 9.17) is 11.5 Å². The fraction of sp³-hybridized carbons (Fsp3) is 0.522. The van der Waals surface area contributed by atoms with Crippen LogP contribution >= 0.6 is 0 Å². The molecule has 0 bridgehead atoms. The maximum Gasteiger partial charge on any atom is 0.326 e. The van der Waals surface area contributed by atoms with Gasteiger partial charge >= 0.3 is 5.97 Å². The van der Waals surface area contributed by atoms with Crippen molar-refractivity contribution in [3.8, 4) is 0 Å². The van der Waals surface area contributed by atoms with Crippen molar-refractivity contribution in [1.29, 1.82) is 0 Å². The zero-order valence-corrected chi connectivity index (χ0v) is 19.7. The van der Waals surface area contributed by atoms with Gasteiger partial charge in [0.05, 0.1) is 6.04 Å². The van der Waals surface area contributed by atoms with Crippen LogP contribution in [0.25, 0.3) is 0 Å². The number of benzene rings is 1. The summed E-state index contributed by atoms with van der Waals surface area (Å²) in [4.78, 5) is 60.8. The lowest BCUT2D eigenvalue weighted by atomic mass is 10.0. The molecule has 0 radical (unpaired) electrons. The Hall–Kier alpha value is -3.47. The number of aliphatic carboxylic acids is 1. The van der Waals surface area contributed by atoms with Gasteiger partial charge in [-0.25, -0.2) is 4.79 Å². The SMILES string of the molecule is CC(C)C[C@H](NC(=O)[C@H](C)N)C(=O)N[C@@H](Cc1ccccc1)C(=O)N[C@@H](CCC(N)=O)C(=O)O. The summed E-state index contributed by atoms with van der Waals surface area (Å²) in [6.45, 7) is 5.24. The number of hydrogen-bond donors (Lipinski definition) is 6. The molecule has 0 aliphatic heterocycles. The van der Waals surface area contributed by atoms with Crippen LogP contribution < -0.4 is 27.4 Å². The second-order valence-corrected chi connectivity index (χ2v) is 8.63. The molecular formula is C23H35N5O6. The van der Waals surface area contributed by atoms with E-state index in [2.05, 4.69) is 16.0 Å². The minimum absolute atomic E-state index is 0.0516. The van der Waals surface area contributed by atoms with Gasteiger partial charge in [-0.1, -0.05) is 44.2 Å². The quantitative estimate of drug-likeness (QED) is 0.206. The van der Waals surface area contributed by atoms with Gasteiger partial charge in [0.15, 0.2) is 0 Å². The molecule has 0 saturated heterocycles. The Balaban J connectivity index is 3.10. The van der Waals surface area contributed by atoms with E-state index in [1.54, 1.807) is 30.3 Å². The van der Waals surface area contributed by atoms with Crippen molar-refractivity contribution < 1.29 is 29.1 Å². The third kappa shape index (κ3) is 10.4. The first-order valence-corrected chi connectivity index (χ1v) is 11.1. The molecule has 0 heterocycles. The number of carbonyl (C=O) groups excluding carboxylic acids is 4. The molecule has 4 atom stereocenters. The highest BCUT2D eigenvalue weighted by atomic mass is 16.4. The lowest BCUT2D eigenvalue weighted by Crippen LogP contribution is -2.57. The summed E-state index contributed by atoms with van der Waals surface area (Å²) in [5.74, 6) is -3.83. The molecule has 1 aromatic carbocycles. The largest absolute Gasteiger partial charge is 0.480 e. The Bertz CT molecular complexity index is 859. The fourth-order valence-electron chi connectivity index (χ4n) is 3.15. The van der Waals surface area contributed by atoms with E-state index in [1.807, 2.05) is 13.8 Å². The summed E-state index contributed by atoms with van der Waals surface area (Å²) in [6.07, 6.45) is -0.0356. The van der Waals surface area contributed by atoms with Crippen LogP contribution in [0.3, 0.4) is 0 Å². The van der Waals surface area contributed by atoms with Crippen LogP contribution in [0.15, 0.2) is 30.3 Å². The van der Waals surface area contributed by atoms with Gasteiger partial charge in [0.25, 0.3) is 0 Å². The number of carbonyl (C=O) groups is 5. The topological polar surface area (TPSA) is 194 Å². The van der Waals surface area contributed by atoms with Crippen molar-refractivity contribution in [2.75, 3.05) is 0 Å². The normalized spacial score (nSPS) is 14.4. The highest BCUT2D eigenvalue weighted by molar-refractivity contribution is 5.94. The van der Waals surface area contributed by atoms with Gasteiger partial charge in [-0.15, -0.1) is 0 Å². The average molecular weight is 478 g/mol. The number of carboxylic acid groups (broad SMARTS) is 1. The number of nitrogens with two attached hydrogens (primary N) is 2. The average Bonchev–Trinajstić information content (AvgIpc) is 2.75. The van der Waals surface area contributed by atoms with Crippen LogP contribution in [-0.2, 0) is 30.4 Å². The second kappa shape index (κ2) is 13.9. The third-order valence-electron chi connectivity index (χ3n) is 4.96. The van der Waals surface area contributed by atoms with Crippen LogP contribution in [0.2, 0.25) is 0 Å². The maximum absolute atomic E-state index is 13.1. The summed E-state index contributed by atoms with van der Waals surface area (Å²) < 4.78 is 0. The molecule has 0 spiro atoms. The Morgan fingerprint density at radius 1 is 0.853 bits per heavy atom. The standard InChI is InChI=1S/C23H35N5O6/c1-13(2)11-17(27-20(30)14(3)24)21(31)28-18(12-15-7-5-4-6-8-15)22(32)26-16(23(33)34)9-10-19(25)29/h4-8,13-14,16-18H,9-12,24H2,1-3H3,(H2,25,29)(H,26,32)(H,27,30)(H,28,31)(H,33,34)/t14-,16-,17-,18-/m0/s1. The summed E-state index contributed by atoms with van der Waals surface area (Å²) in [6, 6.07) is 4.60. The maximum atomic E-state index is 13.1. The summed E-state index contributed by atoms with van der Waals surface area (Å²) in [7, 11) is 0. The van der Waals surface area contributed by atoms with Gasteiger partial charge in [0, 0.05) is 12.8 Å². The van der Waals surface area contributed by atoms with Crippen LogP contribution in [-0.4, -0.2) is 58.9 Å². The molecule has 0 saturated carbocycles. The van der Waals surface area contributed by atoms with Crippen molar-refractivity contribution >= 4 is 29.6 Å². The fourth-order valence-corrected chi connectivity index (χ4v) is 3.15. The molecule has 8 N–H and O–H groups in total. The molecule has 34 heavy (non-hydrogen) atoms. The van der Waals surface area contributed by atoms with Crippen molar-refractivity contribution in [2.45, 2.75) is 70.6 Å². The van der Waals surface area contributed by atoms with E-state index in [1.165, 1.54) is 6.92 Å². The van der Waals surface area contributed by atoms with E-state index >= 15 is 0 Å². The first kappa shape index (κ1) is 28.6. The minimum Gasteiger partial charge on any atom is -0.480 e. The van der Waals surface area contributed by atoms with Gasteiger partial charge in [-0.3, -0.25) is 19.2 Å². The van der Waals surface area contributed by atoms with E-state index < -0.39 is 53.8 Å². The van der Waals surface area contributed by atoms with Gasteiger partial charge in [-0.2, -0.15) is 0 Å². The van der Waals surface area contributed by atoms with E-state index in [0.717, 1.165) is 5.56 Å². The zero-order chi connectivity index (χ0) is 25.8. The molecule has 1 aromatic rings. The number of amides is 4. The monoisotopic (exact) mass is 477 g/mol. The molecular weight excluding hydrogens is 442 g/mol. The van der Waals surface area contributed by atoms with Crippen molar-refractivity contribution in [3.05, 3.63) is 35.9 Å². The van der Waals surface area contributed by atoms with Crippen LogP contribution in [0.4, 0.5) is 0 Å². The Morgan fingerprint density at radius 2 is 1.38 bits per heavy atom.